The molecule has 0 aliphatic heterocycles. The monoisotopic (exact) mass is 451 g/mol. The Hall–Kier alpha value is -0.900. The smallest absolute Gasteiger partial charge is 0.156 e. The normalized spacial score (nSPS) is 10.3. The SMILES string of the molecule is CC(=O)[O-].COCC[NH+](C)CCOC.COCC[NH+](C)CCOC.NS(=O)(=O)[O-]. The Labute approximate surface area is 175 Å². The van der Waals surface area contributed by atoms with Gasteiger partial charge in [-0.05, 0) is 6.92 Å². The molecule has 0 spiro atoms. The second-order valence-corrected chi connectivity index (χ2v) is 6.86. The maximum absolute atomic E-state index is 8.89. The van der Waals surface area contributed by atoms with E-state index >= 15 is 0 Å². The summed E-state index contributed by atoms with van der Waals surface area (Å²) in [4.78, 5) is 11.8. The average Bonchev–Trinajstić information content (AvgIpc) is 2.59. The zero-order valence-electron chi connectivity index (χ0n) is 18.8. The van der Waals surface area contributed by atoms with Gasteiger partial charge in [-0.3, -0.25) is 0 Å². The molecule has 0 heterocycles. The minimum absolute atomic E-state index is 0.829. The molecular weight excluding hydrogens is 410 g/mol. The second kappa shape index (κ2) is 27.1. The number of carbonyl (C=O) groups is 1. The predicted molar refractivity (Wildman–Crippen MR) is 105 cm³/mol. The predicted octanol–water partition coefficient (Wildman–Crippen LogP) is -5.25. The van der Waals surface area contributed by atoms with Crippen LogP contribution in [0, 0.1) is 0 Å². The lowest BCUT2D eigenvalue weighted by Gasteiger charge is -2.11. The van der Waals surface area contributed by atoms with Crippen LogP contribution in [0.25, 0.3) is 0 Å². The summed E-state index contributed by atoms with van der Waals surface area (Å²) >= 11 is 0. The lowest BCUT2D eigenvalue weighted by molar-refractivity contribution is -0.880. The first-order valence-corrected chi connectivity index (χ1v) is 10.3. The summed E-state index contributed by atoms with van der Waals surface area (Å²) in [6, 6.07) is 0. The molecular formula is C16H41N3O9S. The minimum atomic E-state index is -4.42. The van der Waals surface area contributed by atoms with Crippen LogP contribution in [0.5, 0.6) is 0 Å². The molecule has 29 heavy (non-hydrogen) atoms. The summed E-state index contributed by atoms with van der Waals surface area (Å²) in [7, 11) is 6.76. The van der Waals surface area contributed by atoms with Gasteiger partial charge in [0.2, 0.25) is 0 Å². The molecule has 0 fully saturated rings. The summed E-state index contributed by atoms with van der Waals surface area (Å²) < 4.78 is 46.3. The number of quaternary nitrogens is 2. The number of rotatable bonds is 12. The number of nitrogens with one attached hydrogen (secondary N) is 2. The van der Waals surface area contributed by atoms with Gasteiger partial charge in [-0.15, -0.1) is 0 Å². The van der Waals surface area contributed by atoms with E-state index in [1.807, 2.05) is 0 Å². The van der Waals surface area contributed by atoms with E-state index < -0.39 is 16.3 Å². The largest absolute Gasteiger partial charge is 0.736 e. The van der Waals surface area contributed by atoms with E-state index in [0.29, 0.717) is 0 Å². The third-order valence-corrected chi connectivity index (χ3v) is 2.93. The molecule has 0 saturated heterocycles. The summed E-state index contributed by atoms with van der Waals surface area (Å²) in [6.45, 7) is 8.51. The highest BCUT2D eigenvalue weighted by molar-refractivity contribution is 7.83. The van der Waals surface area contributed by atoms with Gasteiger partial charge in [0.05, 0.1) is 40.5 Å². The molecule has 0 aromatic heterocycles. The molecule has 12 nitrogen and oxygen atoms in total. The third-order valence-electron chi connectivity index (χ3n) is 2.93. The first-order valence-electron chi connectivity index (χ1n) is 8.85. The van der Waals surface area contributed by atoms with E-state index in [1.54, 1.807) is 28.4 Å². The van der Waals surface area contributed by atoms with Crippen molar-refractivity contribution in [2.24, 2.45) is 5.14 Å². The zero-order chi connectivity index (χ0) is 23.7. The molecule has 0 saturated carbocycles. The van der Waals surface area contributed by atoms with Crippen LogP contribution < -0.4 is 20.0 Å². The van der Waals surface area contributed by atoms with Crippen LogP contribution in [0.2, 0.25) is 0 Å². The van der Waals surface area contributed by atoms with Gasteiger partial charge in [0, 0.05) is 34.4 Å². The van der Waals surface area contributed by atoms with Crippen molar-refractivity contribution >= 4 is 16.3 Å². The fourth-order valence-corrected chi connectivity index (χ4v) is 1.36. The highest BCUT2D eigenvalue weighted by Crippen LogP contribution is 1.61. The topological polar surface area (TPSA) is 169 Å². The molecule has 0 aromatic rings. The lowest BCUT2D eigenvalue weighted by Crippen LogP contribution is -3.10. The van der Waals surface area contributed by atoms with Gasteiger partial charge in [0.25, 0.3) is 0 Å². The molecule has 0 amide bonds. The number of ether oxygens (including phenoxy) is 4. The van der Waals surface area contributed by atoms with Crippen molar-refractivity contribution in [1.29, 1.82) is 0 Å². The van der Waals surface area contributed by atoms with Gasteiger partial charge >= 0.3 is 0 Å². The maximum atomic E-state index is 8.89. The van der Waals surface area contributed by atoms with E-state index in [9.17, 15) is 0 Å². The van der Waals surface area contributed by atoms with E-state index in [-0.39, 0.29) is 0 Å². The fourth-order valence-electron chi connectivity index (χ4n) is 1.36. The van der Waals surface area contributed by atoms with Crippen LogP contribution in [-0.4, -0.2) is 114 Å². The number of hydrogen-bond donors (Lipinski definition) is 3. The van der Waals surface area contributed by atoms with Gasteiger partial charge < -0.3 is 43.2 Å². The average molecular weight is 452 g/mol. The molecule has 0 atom stereocenters. The number of hydrogen-bond acceptors (Lipinski definition) is 9. The Morgan fingerprint density at radius 1 is 0.793 bits per heavy atom. The number of nitrogens with two attached hydrogens (primary N) is 1. The van der Waals surface area contributed by atoms with Crippen molar-refractivity contribution in [3.63, 3.8) is 0 Å². The van der Waals surface area contributed by atoms with Gasteiger partial charge in [0.1, 0.15) is 26.2 Å². The number of carbonyl (C=O) groups excluding carboxylic acids is 1. The molecule has 0 aromatic carbocycles. The molecule has 180 valence electrons. The molecule has 0 rings (SSSR count). The summed E-state index contributed by atoms with van der Waals surface area (Å²) in [5.74, 6) is -1.08. The van der Waals surface area contributed by atoms with E-state index in [0.717, 1.165) is 59.5 Å². The fraction of sp³-hybridized carbons (Fsp3) is 0.938. The van der Waals surface area contributed by atoms with Crippen LogP contribution in [0.1, 0.15) is 6.92 Å². The first-order chi connectivity index (χ1) is 13.3. The van der Waals surface area contributed by atoms with Gasteiger partial charge in [-0.25, -0.2) is 13.6 Å². The van der Waals surface area contributed by atoms with Crippen molar-refractivity contribution in [2.75, 3.05) is 95.1 Å². The highest BCUT2D eigenvalue weighted by Gasteiger charge is 1.99. The van der Waals surface area contributed by atoms with Crippen LogP contribution in [0.3, 0.4) is 0 Å². The van der Waals surface area contributed by atoms with Crippen molar-refractivity contribution in [2.45, 2.75) is 6.92 Å². The highest BCUT2D eigenvalue weighted by atomic mass is 32.2. The Bertz CT molecular complexity index is 380. The summed E-state index contributed by atoms with van der Waals surface area (Å²) in [5.41, 5.74) is 0. The van der Waals surface area contributed by atoms with Crippen molar-refractivity contribution in [3.05, 3.63) is 0 Å². The minimum Gasteiger partial charge on any atom is -0.736 e. The Balaban J connectivity index is -0.000000154. The maximum Gasteiger partial charge on any atom is 0.156 e. The zero-order valence-corrected chi connectivity index (χ0v) is 19.6. The third kappa shape index (κ3) is 74.9. The summed E-state index contributed by atoms with van der Waals surface area (Å²) in [5, 5.41) is 12.7. The number of aliphatic carboxylic acids is 1. The van der Waals surface area contributed by atoms with E-state index in [4.69, 9.17) is 41.8 Å². The second-order valence-electron chi connectivity index (χ2n) is 5.87. The Morgan fingerprint density at radius 2 is 0.931 bits per heavy atom. The van der Waals surface area contributed by atoms with Crippen LogP contribution in [-0.2, 0) is 34.0 Å². The van der Waals surface area contributed by atoms with E-state index in [1.165, 1.54) is 9.80 Å². The Kier molecular flexibility index (Phi) is 33.2. The number of carboxylic acid groups (broad SMARTS) is 1. The Morgan fingerprint density at radius 3 is 1.03 bits per heavy atom. The number of likely N-dealkylation sites (N-methyl/N-ethyl adjacent to an activating group) is 2. The standard InChI is InChI=1S/2C7H17NO2.C2H4O2.H3NO3S/c2*1-8(4-6-9-2)5-7-10-3;1-2(3)4;1-5(2,3)4/h2*4-7H2,1-3H3;1H3,(H,3,4);(H3,1,2,3,4). The van der Waals surface area contributed by atoms with Gasteiger partial charge in [-0.1, -0.05) is 0 Å². The molecule has 0 bridgehead atoms. The molecule has 0 radical (unpaired) electrons. The quantitative estimate of drug-likeness (QED) is 0.245. The van der Waals surface area contributed by atoms with Gasteiger partial charge in [-0.2, -0.15) is 0 Å². The van der Waals surface area contributed by atoms with Crippen molar-refractivity contribution in [1.82, 2.24) is 0 Å². The molecule has 13 heteroatoms. The lowest BCUT2D eigenvalue weighted by atomic mass is 10.5. The van der Waals surface area contributed by atoms with Crippen LogP contribution in [0.15, 0.2) is 0 Å². The molecule has 0 unspecified atom stereocenters. The number of carboxylic acids is 1. The van der Waals surface area contributed by atoms with Crippen LogP contribution >= 0.6 is 0 Å². The van der Waals surface area contributed by atoms with Gasteiger partial charge in [0.15, 0.2) is 10.3 Å². The number of methoxy groups -OCH3 is 4. The molecule has 0 aliphatic rings. The molecule has 4 N–H and O–H groups in total. The van der Waals surface area contributed by atoms with Crippen molar-refractivity contribution < 1.29 is 51.6 Å². The molecule has 0 aliphatic carbocycles. The first kappa shape index (κ1) is 35.5. The van der Waals surface area contributed by atoms with E-state index in [2.05, 4.69) is 19.2 Å². The summed E-state index contributed by atoms with van der Waals surface area (Å²) in [6.07, 6.45) is 0. The van der Waals surface area contributed by atoms with Crippen LogP contribution in [0.4, 0.5) is 0 Å². The van der Waals surface area contributed by atoms with Crippen molar-refractivity contribution in [3.8, 4) is 0 Å².